The van der Waals surface area contributed by atoms with Gasteiger partial charge in [0.15, 0.2) is 0 Å². The number of aliphatic hydroxyl groups is 1. The Morgan fingerprint density at radius 3 is 2.68 bits per heavy atom. The highest BCUT2D eigenvalue weighted by atomic mass is 16.6. The lowest BCUT2D eigenvalue weighted by Gasteiger charge is -2.49. The molecule has 1 aliphatic carbocycles. The summed E-state index contributed by atoms with van der Waals surface area (Å²) in [4.78, 5) is 21.1. The first-order valence-corrected chi connectivity index (χ1v) is 6.04. The van der Waals surface area contributed by atoms with E-state index in [0.29, 0.717) is 18.4 Å². The molecule has 0 radical (unpaired) electrons. The number of nitrogens with zero attached hydrogens (tertiary/aromatic N) is 1. The van der Waals surface area contributed by atoms with Gasteiger partial charge in [0.2, 0.25) is 0 Å². The highest BCUT2D eigenvalue weighted by molar-refractivity contribution is 5.79. The van der Waals surface area contributed by atoms with Crippen LogP contribution in [0.25, 0.3) is 0 Å². The van der Waals surface area contributed by atoms with Gasteiger partial charge in [-0.15, -0.1) is 0 Å². The second-order valence-electron chi connectivity index (χ2n) is 5.42. The number of rotatable bonds is 4. The molecule has 0 heterocycles. The first kappa shape index (κ1) is 13.5. The summed E-state index contributed by atoms with van der Waals surface area (Å²) in [6.07, 6.45) is 0.728. The first-order valence-electron chi connectivity index (χ1n) is 6.04. The van der Waals surface area contributed by atoms with Crippen LogP contribution in [0.4, 0.5) is 11.4 Å². The number of nitrogens with one attached hydrogen (secondary N) is 1. The third-order valence-electron chi connectivity index (χ3n) is 3.90. The van der Waals surface area contributed by atoms with Gasteiger partial charge in [0, 0.05) is 23.1 Å². The Bertz CT molecular complexity index is 527. The van der Waals surface area contributed by atoms with E-state index >= 15 is 0 Å². The number of carbonyl (C=O) groups excluding carboxylic acids is 1. The molecule has 1 aromatic rings. The van der Waals surface area contributed by atoms with Gasteiger partial charge in [-0.2, -0.15) is 0 Å². The van der Waals surface area contributed by atoms with E-state index < -0.39 is 11.0 Å². The maximum Gasteiger partial charge on any atom is 0.293 e. The van der Waals surface area contributed by atoms with Crippen molar-refractivity contribution in [1.29, 1.82) is 0 Å². The lowest BCUT2D eigenvalue weighted by atomic mass is 9.64. The van der Waals surface area contributed by atoms with Crippen LogP contribution in [0.2, 0.25) is 0 Å². The molecule has 6 heteroatoms. The van der Waals surface area contributed by atoms with Gasteiger partial charge in [-0.05, 0) is 18.6 Å². The summed E-state index contributed by atoms with van der Waals surface area (Å²) >= 11 is 0. The molecule has 1 aliphatic rings. The minimum Gasteiger partial charge on any atom is -0.392 e. The van der Waals surface area contributed by atoms with Crippen LogP contribution in [0.3, 0.4) is 0 Å². The summed E-state index contributed by atoms with van der Waals surface area (Å²) in [6.45, 7) is 3.81. The van der Waals surface area contributed by atoms with Gasteiger partial charge in [-0.1, -0.05) is 13.8 Å². The van der Waals surface area contributed by atoms with Crippen molar-refractivity contribution in [1.82, 2.24) is 0 Å². The van der Waals surface area contributed by atoms with Crippen molar-refractivity contribution in [2.75, 3.05) is 5.32 Å². The number of hydrogen-bond acceptors (Lipinski definition) is 5. The predicted octanol–water partition coefficient (Wildman–Crippen LogP) is 1.98. The molecule has 0 aromatic heterocycles. The number of anilines is 1. The zero-order valence-electron chi connectivity index (χ0n) is 10.8. The summed E-state index contributed by atoms with van der Waals surface area (Å²) in [7, 11) is 0. The fourth-order valence-electron chi connectivity index (χ4n) is 2.23. The van der Waals surface area contributed by atoms with E-state index in [2.05, 4.69) is 5.32 Å². The average molecular weight is 264 g/mol. The van der Waals surface area contributed by atoms with Gasteiger partial charge >= 0.3 is 0 Å². The Balaban J connectivity index is 2.26. The maximum absolute atomic E-state index is 11.0. The number of nitro groups is 1. The van der Waals surface area contributed by atoms with Gasteiger partial charge < -0.3 is 10.4 Å². The molecule has 102 valence electrons. The van der Waals surface area contributed by atoms with E-state index in [1.807, 2.05) is 13.8 Å². The minimum absolute atomic E-state index is 0.0247. The second-order valence-corrected chi connectivity index (χ2v) is 5.42. The molecule has 0 saturated heterocycles. The van der Waals surface area contributed by atoms with E-state index in [-0.39, 0.29) is 22.7 Å². The number of aldehydes is 1. The SMILES string of the molecule is CC1(C)C(O)CC1Nc1ccc(C=O)cc1[N+](=O)[O-]. The van der Waals surface area contributed by atoms with E-state index in [4.69, 9.17) is 0 Å². The molecule has 0 spiro atoms. The van der Waals surface area contributed by atoms with E-state index in [1.54, 1.807) is 0 Å². The van der Waals surface area contributed by atoms with Crippen molar-refractivity contribution in [2.45, 2.75) is 32.4 Å². The Hall–Kier alpha value is -1.95. The van der Waals surface area contributed by atoms with Crippen LogP contribution in [0, 0.1) is 15.5 Å². The van der Waals surface area contributed by atoms with Crippen molar-refractivity contribution < 1.29 is 14.8 Å². The molecule has 2 rings (SSSR count). The van der Waals surface area contributed by atoms with Crippen LogP contribution in [0.5, 0.6) is 0 Å². The molecule has 1 saturated carbocycles. The van der Waals surface area contributed by atoms with Crippen molar-refractivity contribution in [3.63, 3.8) is 0 Å². The van der Waals surface area contributed by atoms with Gasteiger partial charge in [0.25, 0.3) is 5.69 Å². The molecule has 2 atom stereocenters. The minimum atomic E-state index is -0.516. The molecule has 1 fully saturated rings. The third-order valence-corrected chi connectivity index (χ3v) is 3.90. The molecule has 0 aliphatic heterocycles. The van der Waals surface area contributed by atoms with Gasteiger partial charge in [-0.25, -0.2) is 0 Å². The molecule has 2 N–H and O–H groups in total. The smallest absolute Gasteiger partial charge is 0.293 e. The van der Waals surface area contributed by atoms with Crippen LogP contribution in [0.15, 0.2) is 18.2 Å². The molecule has 0 amide bonds. The predicted molar refractivity (Wildman–Crippen MR) is 70.3 cm³/mol. The quantitative estimate of drug-likeness (QED) is 0.493. The Morgan fingerprint density at radius 2 is 2.21 bits per heavy atom. The lowest BCUT2D eigenvalue weighted by molar-refractivity contribution is -0.384. The monoisotopic (exact) mass is 264 g/mol. The van der Waals surface area contributed by atoms with Crippen LogP contribution < -0.4 is 5.32 Å². The normalized spacial score (nSPS) is 24.4. The lowest BCUT2D eigenvalue weighted by Crippen LogP contribution is -2.56. The first-order chi connectivity index (χ1) is 8.86. The zero-order chi connectivity index (χ0) is 14.2. The maximum atomic E-state index is 11.0. The summed E-state index contributed by atoms with van der Waals surface area (Å²) in [5.74, 6) is 0. The van der Waals surface area contributed by atoms with E-state index in [9.17, 15) is 20.0 Å². The number of benzene rings is 1. The molecule has 0 bridgehead atoms. The molecule has 19 heavy (non-hydrogen) atoms. The zero-order valence-corrected chi connectivity index (χ0v) is 10.8. The molecule has 6 nitrogen and oxygen atoms in total. The second kappa shape index (κ2) is 4.62. The molecular weight excluding hydrogens is 248 g/mol. The summed E-state index contributed by atoms with van der Waals surface area (Å²) in [5, 5.41) is 23.8. The van der Waals surface area contributed by atoms with Gasteiger partial charge in [0.05, 0.1) is 11.0 Å². The third kappa shape index (κ3) is 2.31. The van der Waals surface area contributed by atoms with E-state index in [0.717, 1.165) is 0 Å². The Kier molecular flexibility index (Phi) is 3.28. The van der Waals surface area contributed by atoms with E-state index in [1.165, 1.54) is 18.2 Å². The highest BCUT2D eigenvalue weighted by Crippen LogP contribution is 2.43. The average Bonchev–Trinajstić information content (AvgIpc) is 2.38. The van der Waals surface area contributed by atoms with Crippen molar-refractivity contribution in [3.8, 4) is 0 Å². The summed E-state index contributed by atoms with van der Waals surface area (Å²) < 4.78 is 0. The summed E-state index contributed by atoms with van der Waals surface area (Å²) in [5.41, 5.74) is 0.199. The van der Waals surface area contributed by atoms with Crippen molar-refractivity contribution in [2.24, 2.45) is 5.41 Å². The van der Waals surface area contributed by atoms with Crippen LogP contribution in [0.1, 0.15) is 30.6 Å². The highest BCUT2D eigenvalue weighted by Gasteiger charge is 2.47. The van der Waals surface area contributed by atoms with Crippen LogP contribution in [-0.4, -0.2) is 28.5 Å². The molecule has 2 unspecified atom stereocenters. The van der Waals surface area contributed by atoms with Crippen molar-refractivity contribution in [3.05, 3.63) is 33.9 Å². The van der Waals surface area contributed by atoms with Crippen LogP contribution >= 0.6 is 0 Å². The topological polar surface area (TPSA) is 92.5 Å². The Morgan fingerprint density at radius 1 is 1.53 bits per heavy atom. The van der Waals surface area contributed by atoms with Gasteiger partial charge in [0.1, 0.15) is 12.0 Å². The number of hydrogen-bond donors (Lipinski definition) is 2. The number of nitro benzene ring substituents is 1. The summed E-state index contributed by atoms with van der Waals surface area (Å²) in [6, 6.07) is 4.29. The van der Waals surface area contributed by atoms with Crippen LogP contribution in [-0.2, 0) is 0 Å². The van der Waals surface area contributed by atoms with Gasteiger partial charge in [-0.3, -0.25) is 14.9 Å². The fraction of sp³-hybridized carbons (Fsp3) is 0.462. The number of carbonyl (C=O) groups is 1. The molecular formula is C13H16N2O4. The number of aliphatic hydroxyl groups excluding tert-OH is 1. The fourth-order valence-corrected chi connectivity index (χ4v) is 2.23. The van der Waals surface area contributed by atoms with Crippen molar-refractivity contribution >= 4 is 17.7 Å². The standard InChI is InChI=1S/C13H16N2O4/c1-13(2)11(6-12(13)17)14-9-4-3-8(7-16)5-10(9)15(18)19/h3-5,7,11-12,14,17H,6H2,1-2H3. The Labute approximate surface area is 110 Å². The largest absolute Gasteiger partial charge is 0.392 e. The molecule has 1 aromatic carbocycles.